The summed E-state index contributed by atoms with van der Waals surface area (Å²) in [5.41, 5.74) is 3.09. The summed E-state index contributed by atoms with van der Waals surface area (Å²) in [6.07, 6.45) is 0.447. The first kappa shape index (κ1) is 18.1. The summed E-state index contributed by atoms with van der Waals surface area (Å²) in [6.45, 7) is 5.55. The molecule has 140 valence electrons. The summed E-state index contributed by atoms with van der Waals surface area (Å²) in [4.78, 5) is 23.0. The molecule has 0 aliphatic heterocycles. The Bertz CT molecular complexity index is 1010. The standard InChI is InChI=1S/C17H19N7O3/c1-8(2)19-16(25)21-14-6-11-4-10(12-7-18-22-9(12)3)5-13(20-17(26)27)15(11)24-23-14/h4-8,20H,1-3H3,(H,18,22)(H,26,27)(H2,19,21,23,25). The van der Waals surface area contributed by atoms with Crippen LogP contribution in [0.3, 0.4) is 0 Å². The molecule has 0 bridgehead atoms. The van der Waals surface area contributed by atoms with Gasteiger partial charge in [-0.25, -0.2) is 9.59 Å². The molecule has 0 spiro atoms. The number of hydrogen-bond acceptors (Lipinski definition) is 5. The fourth-order valence-corrected chi connectivity index (χ4v) is 2.64. The van der Waals surface area contributed by atoms with Crippen LogP contribution in [0.5, 0.6) is 0 Å². The summed E-state index contributed by atoms with van der Waals surface area (Å²) in [6, 6.07) is 4.71. The maximum Gasteiger partial charge on any atom is 0.409 e. The van der Waals surface area contributed by atoms with Crippen molar-refractivity contribution in [1.82, 2.24) is 25.7 Å². The fraction of sp³-hybridized carbons (Fsp3) is 0.235. The predicted molar refractivity (Wildman–Crippen MR) is 101 cm³/mol. The third-order valence-electron chi connectivity index (χ3n) is 3.73. The second kappa shape index (κ2) is 7.28. The smallest absolute Gasteiger partial charge is 0.409 e. The first-order chi connectivity index (χ1) is 12.8. The highest BCUT2D eigenvalue weighted by Gasteiger charge is 2.14. The Morgan fingerprint density at radius 3 is 2.56 bits per heavy atom. The van der Waals surface area contributed by atoms with Gasteiger partial charge in [-0.05, 0) is 44.5 Å². The van der Waals surface area contributed by atoms with Gasteiger partial charge < -0.3 is 10.4 Å². The molecule has 2 heterocycles. The number of nitrogens with one attached hydrogen (secondary N) is 4. The normalized spacial score (nSPS) is 10.8. The van der Waals surface area contributed by atoms with Gasteiger partial charge in [0.1, 0.15) is 5.52 Å². The Morgan fingerprint density at radius 2 is 1.93 bits per heavy atom. The number of carboxylic acid groups (broad SMARTS) is 1. The van der Waals surface area contributed by atoms with Crippen molar-refractivity contribution in [1.29, 1.82) is 0 Å². The molecular formula is C17H19N7O3. The van der Waals surface area contributed by atoms with Gasteiger partial charge in [0.2, 0.25) is 0 Å². The Balaban J connectivity index is 2.06. The van der Waals surface area contributed by atoms with Crippen LogP contribution in [0.25, 0.3) is 22.0 Å². The molecule has 0 aliphatic rings. The predicted octanol–water partition coefficient (Wildman–Crippen LogP) is 2.95. The Kier molecular flexibility index (Phi) is 4.88. The highest BCUT2D eigenvalue weighted by molar-refractivity contribution is 6.01. The van der Waals surface area contributed by atoms with Crippen molar-refractivity contribution in [3.63, 3.8) is 0 Å². The largest absolute Gasteiger partial charge is 0.465 e. The molecular weight excluding hydrogens is 350 g/mol. The van der Waals surface area contributed by atoms with Gasteiger partial charge in [-0.3, -0.25) is 15.7 Å². The van der Waals surface area contributed by atoms with Gasteiger partial charge in [0, 0.05) is 22.7 Å². The van der Waals surface area contributed by atoms with Gasteiger partial charge in [-0.2, -0.15) is 5.10 Å². The molecule has 0 atom stereocenters. The van der Waals surface area contributed by atoms with E-state index >= 15 is 0 Å². The lowest BCUT2D eigenvalue weighted by Crippen LogP contribution is -2.34. The summed E-state index contributed by atoms with van der Waals surface area (Å²) < 4.78 is 0. The van der Waals surface area contributed by atoms with Crippen LogP contribution in [0.4, 0.5) is 21.1 Å². The van der Waals surface area contributed by atoms with Crippen LogP contribution in [0.2, 0.25) is 0 Å². The van der Waals surface area contributed by atoms with Crippen molar-refractivity contribution in [2.24, 2.45) is 0 Å². The summed E-state index contributed by atoms with van der Waals surface area (Å²) >= 11 is 0. The lowest BCUT2D eigenvalue weighted by molar-refractivity contribution is 0.210. The van der Waals surface area contributed by atoms with Crippen molar-refractivity contribution >= 4 is 34.5 Å². The number of aryl methyl sites for hydroxylation is 1. The van der Waals surface area contributed by atoms with Crippen molar-refractivity contribution in [3.05, 3.63) is 30.1 Å². The Labute approximate surface area is 154 Å². The minimum absolute atomic E-state index is 0.0274. The van der Waals surface area contributed by atoms with Gasteiger partial charge >= 0.3 is 12.1 Å². The second-order valence-electron chi connectivity index (χ2n) is 6.28. The molecule has 3 rings (SSSR count). The molecule has 3 amide bonds. The van der Waals surface area contributed by atoms with Crippen LogP contribution in [-0.4, -0.2) is 43.7 Å². The third-order valence-corrected chi connectivity index (χ3v) is 3.73. The van der Waals surface area contributed by atoms with E-state index < -0.39 is 12.1 Å². The van der Waals surface area contributed by atoms with E-state index in [0.29, 0.717) is 16.6 Å². The lowest BCUT2D eigenvalue weighted by Gasteiger charge is -2.11. The second-order valence-corrected chi connectivity index (χ2v) is 6.28. The molecule has 10 nitrogen and oxygen atoms in total. The first-order valence-corrected chi connectivity index (χ1v) is 8.22. The number of urea groups is 1. The number of amides is 3. The molecule has 1 aromatic carbocycles. The minimum atomic E-state index is -1.21. The lowest BCUT2D eigenvalue weighted by atomic mass is 10.0. The molecule has 0 unspecified atom stereocenters. The van der Waals surface area contributed by atoms with Gasteiger partial charge in [0.25, 0.3) is 0 Å². The van der Waals surface area contributed by atoms with Crippen LogP contribution in [0, 0.1) is 6.92 Å². The summed E-state index contributed by atoms with van der Waals surface area (Å²) in [7, 11) is 0. The number of benzene rings is 1. The van der Waals surface area contributed by atoms with Gasteiger partial charge in [-0.1, -0.05) is 0 Å². The molecule has 0 aliphatic carbocycles. The Hall–Kier alpha value is -3.69. The molecule has 0 saturated carbocycles. The number of nitrogens with zero attached hydrogens (tertiary/aromatic N) is 3. The number of aromatic amines is 1. The number of fused-ring (bicyclic) bond motifs is 1. The Morgan fingerprint density at radius 1 is 1.15 bits per heavy atom. The monoisotopic (exact) mass is 369 g/mol. The summed E-state index contributed by atoms with van der Waals surface area (Å²) in [5, 5.41) is 32.3. The van der Waals surface area contributed by atoms with Gasteiger partial charge in [-0.15, -0.1) is 10.2 Å². The van der Waals surface area contributed by atoms with Crippen molar-refractivity contribution < 1.29 is 14.7 Å². The first-order valence-electron chi connectivity index (χ1n) is 8.22. The number of carbonyl (C=O) groups is 2. The average molecular weight is 369 g/mol. The topological polar surface area (TPSA) is 145 Å². The van der Waals surface area contributed by atoms with Crippen molar-refractivity contribution in [3.8, 4) is 11.1 Å². The van der Waals surface area contributed by atoms with Crippen molar-refractivity contribution in [2.75, 3.05) is 10.6 Å². The molecule has 3 aromatic rings. The van der Waals surface area contributed by atoms with Crippen LogP contribution in [0.15, 0.2) is 24.4 Å². The van der Waals surface area contributed by atoms with E-state index in [1.54, 1.807) is 18.3 Å². The zero-order valence-electron chi connectivity index (χ0n) is 15.0. The number of carbonyl (C=O) groups excluding carboxylic acids is 1. The quantitative estimate of drug-likeness (QED) is 0.478. The SMILES string of the molecule is Cc1[nH]ncc1-c1cc(NC(=O)O)c2nnc(NC(=O)NC(C)C)cc2c1. The van der Waals surface area contributed by atoms with E-state index in [-0.39, 0.29) is 11.9 Å². The van der Waals surface area contributed by atoms with Crippen molar-refractivity contribution in [2.45, 2.75) is 26.8 Å². The molecule has 0 saturated heterocycles. The van der Waals surface area contributed by atoms with Crippen LogP contribution >= 0.6 is 0 Å². The molecule has 5 N–H and O–H groups in total. The average Bonchev–Trinajstić information content (AvgIpc) is 2.99. The molecule has 0 fully saturated rings. The molecule has 27 heavy (non-hydrogen) atoms. The molecule has 2 aromatic heterocycles. The van der Waals surface area contributed by atoms with Gasteiger partial charge in [0.05, 0.1) is 11.9 Å². The minimum Gasteiger partial charge on any atom is -0.465 e. The van der Waals surface area contributed by atoms with E-state index in [1.807, 2.05) is 26.8 Å². The number of hydrogen-bond donors (Lipinski definition) is 5. The van der Waals surface area contributed by atoms with Crippen LogP contribution in [-0.2, 0) is 0 Å². The van der Waals surface area contributed by atoms with E-state index in [4.69, 9.17) is 5.11 Å². The van der Waals surface area contributed by atoms with Crippen LogP contribution in [0.1, 0.15) is 19.5 Å². The molecule has 10 heteroatoms. The van der Waals surface area contributed by atoms with E-state index in [0.717, 1.165) is 16.8 Å². The molecule has 0 radical (unpaired) electrons. The highest BCUT2D eigenvalue weighted by Crippen LogP contribution is 2.31. The van der Waals surface area contributed by atoms with E-state index in [1.165, 1.54) is 0 Å². The number of rotatable bonds is 4. The zero-order chi connectivity index (χ0) is 19.6. The summed E-state index contributed by atoms with van der Waals surface area (Å²) in [5.74, 6) is 0.253. The third kappa shape index (κ3) is 4.11. The number of aromatic nitrogens is 4. The maximum absolute atomic E-state index is 11.9. The van der Waals surface area contributed by atoms with E-state index in [9.17, 15) is 9.59 Å². The number of anilines is 2. The maximum atomic E-state index is 11.9. The number of H-pyrrole nitrogens is 1. The highest BCUT2D eigenvalue weighted by atomic mass is 16.4. The van der Waals surface area contributed by atoms with E-state index in [2.05, 4.69) is 36.3 Å². The van der Waals surface area contributed by atoms with Gasteiger partial charge in [0.15, 0.2) is 5.82 Å². The zero-order valence-corrected chi connectivity index (χ0v) is 15.0. The van der Waals surface area contributed by atoms with Crippen LogP contribution < -0.4 is 16.0 Å². The fourth-order valence-electron chi connectivity index (χ4n) is 2.64.